The van der Waals surface area contributed by atoms with Gasteiger partial charge >= 0.3 is 0 Å². The molecule has 5 nitrogen and oxygen atoms in total. The van der Waals surface area contributed by atoms with E-state index < -0.39 is 0 Å². The van der Waals surface area contributed by atoms with Gasteiger partial charge < -0.3 is 15.0 Å². The van der Waals surface area contributed by atoms with Gasteiger partial charge in [0.2, 0.25) is 5.89 Å². The molecule has 1 aromatic carbocycles. The third-order valence-corrected chi connectivity index (χ3v) is 5.48. The molecular formula is C18H23N3O2. The van der Waals surface area contributed by atoms with Crippen LogP contribution in [0.1, 0.15) is 54.1 Å². The molecule has 2 fully saturated rings. The van der Waals surface area contributed by atoms with Gasteiger partial charge in [0.15, 0.2) is 5.82 Å². The number of benzene rings is 1. The van der Waals surface area contributed by atoms with Crippen LogP contribution in [0.4, 0.5) is 0 Å². The van der Waals surface area contributed by atoms with Crippen LogP contribution in [0.15, 0.2) is 22.7 Å². The highest BCUT2D eigenvalue weighted by atomic mass is 16.5. The van der Waals surface area contributed by atoms with Gasteiger partial charge in [-0.1, -0.05) is 23.4 Å². The summed E-state index contributed by atoms with van der Waals surface area (Å²) < 4.78 is 11.3. The number of nitrogens with zero attached hydrogens (tertiary/aromatic N) is 2. The van der Waals surface area contributed by atoms with Crippen molar-refractivity contribution < 1.29 is 9.26 Å². The molecule has 0 spiro atoms. The number of ether oxygens (including phenoxy) is 1. The standard InChI is InChI=1S/C18H23N3O2/c1-12-3-4-14(11-13(12)2)17(7-9-22-10-8-17)16-20-15(21-23-16)18(19)5-6-18/h3-4,11H,5-10,19H2,1-2H3. The summed E-state index contributed by atoms with van der Waals surface area (Å²) in [4.78, 5) is 4.71. The van der Waals surface area contributed by atoms with E-state index in [1.54, 1.807) is 0 Å². The molecule has 2 aromatic rings. The minimum absolute atomic E-state index is 0.257. The van der Waals surface area contributed by atoms with Crippen molar-refractivity contribution in [2.24, 2.45) is 5.73 Å². The zero-order chi connectivity index (χ0) is 16.1. The van der Waals surface area contributed by atoms with Gasteiger partial charge in [-0.05, 0) is 56.2 Å². The van der Waals surface area contributed by atoms with E-state index in [-0.39, 0.29) is 11.0 Å². The molecule has 23 heavy (non-hydrogen) atoms. The van der Waals surface area contributed by atoms with E-state index in [0.29, 0.717) is 24.9 Å². The summed E-state index contributed by atoms with van der Waals surface area (Å²) in [5, 5.41) is 4.18. The molecule has 5 heteroatoms. The Balaban J connectivity index is 1.79. The van der Waals surface area contributed by atoms with Gasteiger partial charge in [0.25, 0.3) is 0 Å². The number of rotatable bonds is 3. The summed E-state index contributed by atoms with van der Waals surface area (Å²) in [6, 6.07) is 6.61. The Morgan fingerprint density at radius 2 is 1.78 bits per heavy atom. The fourth-order valence-electron chi connectivity index (χ4n) is 3.36. The van der Waals surface area contributed by atoms with Crippen molar-refractivity contribution in [3.05, 3.63) is 46.6 Å². The minimum Gasteiger partial charge on any atom is -0.381 e. The Morgan fingerprint density at radius 3 is 2.43 bits per heavy atom. The lowest BCUT2D eigenvalue weighted by atomic mass is 9.73. The van der Waals surface area contributed by atoms with Crippen molar-refractivity contribution in [1.29, 1.82) is 0 Å². The van der Waals surface area contributed by atoms with E-state index in [1.807, 2.05) is 0 Å². The molecule has 1 aliphatic heterocycles. The highest BCUT2D eigenvalue weighted by molar-refractivity contribution is 5.39. The average Bonchev–Trinajstić information content (AvgIpc) is 3.12. The number of aromatic nitrogens is 2. The second-order valence-corrected chi connectivity index (χ2v) is 7.07. The summed E-state index contributed by atoms with van der Waals surface area (Å²) in [5.74, 6) is 1.35. The fraction of sp³-hybridized carbons (Fsp3) is 0.556. The third-order valence-electron chi connectivity index (χ3n) is 5.48. The molecule has 0 unspecified atom stereocenters. The van der Waals surface area contributed by atoms with Crippen molar-refractivity contribution in [3.8, 4) is 0 Å². The van der Waals surface area contributed by atoms with Crippen molar-refractivity contribution in [2.45, 2.75) is 50.5 Å². The zero-order valence-electron chi connectivity index (χ0n) is 13.8. The first-order chi connectivity index (χ1) is 11.0. The molecule has 2 N–H and O–H groups in total. The Morgan fingerprint density at radius 1 is 1.04 bits per heavy atom. The second kappa shape index (κ2) is 5.14. The quantitative estimate of drug-likeness (QED) is 0.943. The number of aryl methyl sites for hydroxylation is 2. The normalized spacial score (nSPS) is 22.0. The van der Waals surface area contributed by atoms with Gasteiger partial charge in [-0.25, -0.2) is 0 Å². The topological polar surface area (TPSA) is 74.2 Å². The molecule has 1 saturated heterocycles. The lowest BCUT2D eigenvalue weighted by Gasteiger charge is -2.34. The monoisotopic (exact) mass is 313 g/mol. The van der Waals surface area contributed by atoms with Crippen molar-refractivity contribution in [1.82, 2.24) is 10.1 Å². The molecule has 2 aliphatic rings. The van der Waals surface area contributed by atoms with E-state index >= 15 is 0 Å². The fourth-order valence-corrected chi connectivity index (χ4v) is 3.36. The first-order valence-electron chi connectivity index (χ1n) is 8.33. The van der Waals surface area contributed by atoms with Gasteiger partial charge in [0.05, 0.1) is 11.0 Å². The predicted octanol–water partition coefficient (Wildman–Crippen LogP) is 2.73. The predicted molar refractivity (Wildman–Crippen MR) is 86.1 cm³/mol. The van der Waals surface area contributed by atoms with Gasteiger partial charge in [0, 0.05) is 13.2 Å². The molecule has 0 atom stereocenters. The average molecular weight is 313 g/mol. The van der Waals surface area contributed by atoms with Crippen LogP contribution in [0.2, 0.25) is 0 Å². The van der Waals surface area contributed by atoms with Crippen LogP contribution in [0.5, 0.6) is 0 Å². The summed E-state index contributed by atoms with van der Waals surface area (Å²) in [5.41, 5.74) is 9.42. The molecule has 1 saturated carbocycles. The largest absolute Gasteiger partial charge is 0.381 e. The SMILES string of the molecule is Cc1ccc(C2(c3nc(C4(N)CC4)no3)CCOCC2)cc1C. The molecular weight excluding hydrogens is 290 g/mol. The summed E-state index contributed by atoms with van der Waals surface area (Å²) >= 11 is 0. The first kappa shape index (κ1) is 14.8. The number of hydrogen-bond acceptors (Lipinski definition) is 5. The van der Waals surface area contributed by atoms with Crippen LogP contribution in [-0.4, -0.2) is 23.4 Å². The van der Waals surface area contributed by atoms with Crippen LogP contribution < -0.4 is 5.73 Å². The summed E-state index contributed by atoms with van der Waals surface area (Å²) in [7, 11) is 0. The third kappa shape index (κ3) is 2.39. The van der Waals surface area contributed by atoms with Crippen molar-refractivity contribution in [3.63, 3.8) is 0 Å². The summed E-state index contributed by atoms with van der Waals surface area (Å²) in [6.07, 6.45) is 3.58. The highest BCUT2D eigenvalue weighted by Gasteiger charge is 2.47. The molecule has 1 aliphatic carbocycles. The molecule has 122 valence electrons. The summed E-state index contributed by atoms with van der Waals surface area (Å²) in [6.45, 7) is 5.69. The highest BCUT2D eigenvalue weighted by Crippen LogP contribution is 2.44. The van der Waals surface area contributed by atoms with E-state index in [9.17, 15) is 0 Å². The number of nitrogens with two attached hydrogens (primary N) is 1. The first-order valence-corrected chi connectivity index (χ1v) is 8.33. The molecule has 1 aromatic heterocycles. The second-order valence-electron chi connectivity index (χ2n) is 7.07. The lowest BCUT2D eigenvalue weighted by molar-refractivity contribution is 0.0523. The zero-order valence-corrected chi connectivity index (χ0v) is 13.8. The van der Waals surface area contributed by atoms with Gasteiger partial charge in [-0.3, -0.25) is 0 Å². The maximum absolute atomic E-state index is 6.23. The van der Waals surface area contributed by atoms with Gasteiger partial charge in [-0.15, -0.1) is 0 Å². The molecule has 0 radical (unpaired) electrons. The van der Waals surface area contributed by atoms with Crippen molar-refractivity contribution in [2.75, 3.05) is 13.2 Å². The number of hydrogen-bond donors (Lipinski definition) is 1. The van der Waals surface area contributed by atoms with Gasteiger partial charge in [0.1, 0.15) is 0 Å². The van der Waals surface area contributed by atoms with E-state index in [2.05, 4.69) is 37.2 Å². The molecule has 4 rings (SSSR count). The van der Waals surface area contributed by atoms with Crippen LogP contribution in [-0.2, 0) is 15.7 Å². The van der Waals surface area contributed by atoms with Crippen LogP contribution in [0.25, 0.3) is 0 Å². The molecule has 2 heterocycles. The van der Waals surface area contributed by atoms with E-state index in [4.69, 9.17) is 20.0 Å². The van der Waals surface area contributed by atoms with Gasteiger partial charge in [-0.2, -0.15) is 4.98 Å². The Bertz CT molecular complexity index is 728. The minimum atomic E-state index is -0.364. The Hall–Kier alpha value is -1.72. The van der Waals surface area contributed by atoms with Crippen LogP contribution in [0, 0.1) is 13.8 Å². The Kier molecular flexibility index (Phi) is 3.32. The smallest absolute Gasteiger partial charge is 0.237 e. The maximum atomic E-state index is 6.23. The van der Waals surface area contributed by atoms with Crippen LogP contribution in [0.3, 0.4) is 0 Å². The van der Waals surface area contributed by atoms with Crippen molar-refractivity contribution >= 4 is 0 Å². The lowest BCUT2D eigenvalue weighted by Crippen LogP contribution is -2.35. The Labute approximate surface area is 136 Å². The molecule has 0 amide bonds. The van der Waals surface area contributed by atoms with Crippen LogP contribution >= 0.6 is 0 Å². The maximum Gasteiger partial charge on any atom is 0.237 e. The van der Waals surface area contributed by atoms with E-state index in [0.717, 1.165) is 25.7 Å². The van der Waals surface area contributed by atoms with E-state index in [1.165, 1.54) is 16.7 Å². The molecule has 0 bridgehead atoms.